The Morgan fingerprint density at radius 2 is 1.86 bits per heavy atom. The van der Waals surface area contributed by atoms with E-state index in [4.69, 9.17) is 24.1 Å². The standard InChI is InChI=1S/C26H31F2NO7/c1-4-34-25(31)17(2)6-5-7-23(33-3)24(18-8-11-20(12-9-18)35-15-14-30)36-26(32)29-22-13-10-19(27)16-21(22)28/h6,8-13,16,23-24,30H,4-5,7,14-15H2,1-3H3,(H,29,32)/b17-6+/t23-,24-/m1/s1. The van der Waals surface area contributed by atoms with Crippen molar-refractivity contribution in [3.63, 3.8) is 0 Å². The van der Waals surface area contributed by atoms with E-state index in [0.29, 0.717) is 35.8 Å². The van der Waals surface area contributed by atoms with Gasteiger partial charge >= 0.3 is 12.1 Å². The van der Waals surface area contributed by atoms with Crippen LogP contribution in [0.2, 0.25) is 0 Å². The summed E-state index contributed by atoms with van der Waals surface area (Å²) in [5.41, 5.74) is 0.771. The third-order valence-corrected chi connectivity index (χ3v) is 5.11. The van der Waals surface area contributed by atoms with Gasteiger partial charge in [-0.2, -0.15) is 0 Å². The van der Waals surface area contributed by atoms with E-state index in [1.54, 1.807) is 44.2 Å². The van der Waals surface area contributed by atoms with Crippen LogP contribution in [0.5, 0.6) is 5.75 Å². The van der Waals surface area contributed by atoms with Crippen molar-refractivity contribution in [3.05, 3.63) is 71.3 Å². The molecule has 2 atom stereocenters. The third kappa shape index (κ3) is 8.94. The number of hydrogen-bond donors (Lipinski definition) is 2. The van der Waals surface area contributed by atoms with Gasteiger partial charge in [-0.05, 0) is 56.5 Å². The van der Waals surface area contributed by atoms with Crippen LogP contribution in [0.3, 0.4) is 0 Å². The predicted octanol–water partition coefficient (Wildman–Crippen LogP) is 4.93. The smallest absolute Gasteiger partial charge is 0.412 e. The number of carbonyl (C=O) groups excluding carboxylic acids is 2. The van der Waals surface area contributed by atoms with Crippen molar-refractivity contribution in [2.75, 3.05) is 32.2 Å². The number of aliphatic hydroxyl groups excluding tert-OH is 1. The minimum absolute atomic E-state index is 0.123. The molecule has 0 aliphatic heterocycles. The molecule has 0 radical (unpaired) electrons. The molecular formula is C26H31F2NO7. The van der Waals surface area contributed by atoms with Crippen molar-refractivity contribution in [1.82, 2.24) is 0 Å². The van der Waals surface area contributed by atoms with Gasteiger partial charge in [-0.15, -0.1) is 0 Å². The summed E-state index contributed by atoms with van der Waals surface area (Å²) in [6, 6.07) is 9.40. The second-order valence-electron chi connectivity index (χ2n) is 7.68. The van der Waals surface area contributed by atoms with E-state index in [0.717, 1.165) is 12.1 Å². The highest BCUT2D eigenvalue weighted by molar-refractivity contribution is 5.87. The van der Waals surface area contributed by atoms with Crippen molar-refractivity contribution in [1.29, 1.82) is 0 Å². The van der Waals surface area contributed by atoms with Gasteiger partial charge in [0.05, 0.1) is 25.0 Å². The lowest BCUT2D eigenvalue weighted by molar-refractivity contribution is -0.138. The average Bonchev–Trinajstić information content (AvgIpc) is 2.86. The molecule has 0 spiro atoms. The lowest BCUT2D eigenvalue weighted by Crippen LogP contribution is -2.28. The first-order chi connectivity index (χ1) is 17.3. The number of anilines is 1. The zero-order chi connectivity index (χ0) is 26.5. The molecular weight excluding hydrogens is 476 g/mol. The first-order valence-corrected chi connectivity index (χ1v) is 11.4. The van der Waals surface area contributed by atoms with E-state index < -0.39 is 35.9 Å². The number of methoxy groups -OCH3 is 1. The summed E-state index contributed by atoms with van der Waals surface area (Å²) >= 11 is 0. The minimum atomic E-state index is -0.966. The Balaban J connectivity index is 2.21. The number of hydrogen-bond acceptors (Lipinski definition) is 7. The van der Waals surface area contributed by atoms with Crippen molar-refractivity contribution in [2.24, 2.45) is 0 Å². The molecule has 2 N–H and O–H groups in total. The van der Waals surface area contributed by atoms with Gasteiger partial charge < -0.3 is 24.1 Å². The Morgan fingerprint density at radius 1 is 1.14 bits per heavy atom. The molecule has 0 heterocycles. The molecule has 0 aromatic heterocycles. The molecule has 2 aromatic carbocycles. The van der Waals surface area contributed by atoms with Crippen LogP contribution < -0.4 is 10.1 Å². The van der Waals surface area contributed by atoms with Crippen molar-refractivity contribution < 1.29 is 42.4 Å². The lowest BCUT2D eigenvalue weighted by atomic mass is 9.99. The van der Waals surface area contributed by atoms with E-state index in [1.807, 2.05) is 0 Å². The average molecular weight is 508 g/mol. The van der Waals surface area contributed by atoms with E-state index in [2.05, 4.69) is 5.32 Å². The van der Waals surface area contributed by atoms with Crippen LogP contribution in [-0.4, -0.2) is 50.2 Å². The third-order valence-electron chi connectivity index (χ3n) is 5.11. The number of halogens is 2. The van der Waals surface area contributed by atoms with Crippen molar-refractivity contribution in [2.45, 2.75) is 38.9 Å². The molecule has 0 bridgehead atoms. The van der Waals surface area contributed by atoms with E-state index >= 15 is 0 Å². The van der Waals surface area contributed by atoms with E-state index in [1.165, 1.54) is 7.11 Å². The fourth-order valence-electron chi connectivity index (χ4n) is 3.31. The molecule has 8 nitrogen and oxygen atoms in total. The largest absolute Gasteiger partial charge is 0.491 e. The summed E-state index contributed by atoms with van der Waals surface area (Å²) in [6.07, 6.45) is -0.00773. The normalized spacial score (nSPS) is 13.0. The maximum Gasteiger partial charge on any atom is 0.412 e. The summed E-state index contributed by atoms with van der Waals surface area (Å²) in [4.78, 5) is 24.5. The summed E-state index contributed by atoms with van der Waals surface area (Å²) in [6.45, 7) is 3.61. The number of rotatable bonds is 13. The Kier molecular flexibility index (Phi) is 11.8. The number of benzene rings is 2. The highest BCUT2D eigenvalue weighted by Gasteiger charge is 2.27. The molecule has 196 valence electrons. The Morgan fingerprint density at radius 3 is 2.47 bits per heavy atom. The van der Waals surface area contributed by atoms with Crippen LogP contribution >= 0.6 is 0 Å². The zero-order valence-corrected chi connectivity index (χ0v) is 20.5. The topological polar surface area (TPSA) is 103 Å². The second kappa shape index (κ2) is 14.8. The van der Waals surface area contributed by atoms with Crippen LogP contribution in [0, 0.1) is 11.6 Å². The Hall–Kier alpha value is -3.50. The highest BCUT2D eigenvalue weighted by atomic mass is 19.1. The minimum Gasteiger partial charge on any atom is -0.491 e. The van der Waals surface area contributed by atoms with Gasteiger partial charge in [-0.3, -0.25) is 5.32 Å². The number of amides is 1. The number of aliphatic hydroxyl groups is 1. The van der Waals surface area contributed by atoms with Gasteiger partial charge in [0.15, 0.2) is 6.10 Å². The molecule has 0 fully saturated rings. The number of carbonyl (C=O) groups is 2. The zero-order valence-electron chi connectivity index (χ0n) is 20.5. The lowest BCUT2D eigenvalue weighted by Gasteiger charge is -2.26. The fourth-order valence-corrected chi connectivity index (χ4v) is 3.31. The highest BCUT2D eigenvalue weighted by Crippen LogP contribution is 2.29. The van der Waals surface area contributed by atoms with Gasteiger partial charge in [-0.1, -0.05) is 18.2 Å². The van der Waals surface area contributed by atoms with Gasteiger partial charge in [0, 0.05) is 18.7 Å². The van der Waals surface area contributed by atoms with Crippen LogP contribution in [0.25, 0.3) is 0 Å². The van der Waals surface area contributed by atoms with Crippen LogP contribution in [-0.2, 0) is 19.0 Å². The van der Waals surface area contributed by atoms with E-state index in [-0.39, 0.29) is 25.5 Å². The van der Waals surface area contributed by atoms with Crippen molar-refractivity contribution >= 4 is 17.7 Å². The molecule has 0 saturated heterocycles. The molecule has 0 unspecified atom stereocenters. The number of ether oxygens (including phenoxy) is 4. The van der Waals surface area contributed by atoms with E-state index in [9.17, 15) is 18.4 Å². The maximum absolute atomic E-state index is 14.0. The molecule has 2 aromatic rings. The Bertz CT molecular complexity index is 1030. The molecule has 0 saturated carbocycles. The Labute approximate surface area is 208 Å². The molecule has 10 heteroatoms. The number of nitrogens with one attached hydrogen (secondary N) is 1. The molecule has 2 rings (SSSR count). The first kappa shape index (κ1) is 28.7. The van der Waals surface area contributed by atoms with Gasteiger partial charge in [-0.25, -0.2) is 18.4 Å². The molecule has 1 amide bonds. The van der Waals surface area contributed by atoms with Gasteiger partial charge in [0.25, 0.3) is 0 Å². The van der Waals surface area contributed by atoms with Crippen LogP contribution in [0.15, 0.2) is 54.1 Å². The molecule has 36 heavy (non-hydrogen) atoms. The summed E-state index contributed by atoms with van der Waals surface area (Å²) in [5.74, 6) is -1.64. The number of esters is 1. The quantitative estimate of drug-likeness (QED) is 0.293. The van der Waals surface area contributed by atoms with Crippen LogP contribution in [0.4, 0.5) is 19.3 Å². The molecule has 0 aliphatic carbocycles. The SMILES string of the molecule is CCOC(=O)/C(C)=C/CC[C@@H](OC)[C@H](OC(=O)Nc1ccc(F)cc1F)c1ccc(OCCO)cc1. The maximum atomic E-state index is 14.0. The predicted molar refractivity (Wildman–Crippen MR) is 129 cm³/mol. The van der Waals surface area contributed by atoms with Gasteiger partial charge in [0.2, 0.25) is 0 Å². The fraction of sp³-hybridized carbons (Fsp3) is 0.385. The van der Waals surface area contributed by atoms with Crippen LogP contribution in [0.1, 0.15) is 38.4 Å². The van der Waals surface area contributed by atoms with Crippen molar-refractivity contribution in [3.8, 4) is 5.75 Å². The second-order valence-corrected chi connectivity index (χ2v) is 7.68. The van der Waals surface area contributed by atoms with Gasteiger partial charge in [0.1, 0.15) is 24.0 Å². The monoisotopic (exact) mass is 507 g/mol. The summed E-state index contributed by atoms with van der Waals surface area (Å²) in [5, 5.41) is 11.2. The number of allylic oxidation sites excluding steroid dienone is 1. The summed E-state index contributed by atoms with van der Waals surface area (Å²) < 4.78 is 48.7. The summed E-state index contributed by atoms with van der Waals surface area (Å²) in [7, 11) is 1.46. The first-order valence-electron chi connectivity index (χ1n) is 11.4. The molecule has 0 aliphatic rings.